The maximum absolute atomic E-state index is 12.0. The van der Waals surface area contributed by atoms with E-state index in [0.29, 0.717) is 10.9 Å². The van der Waals surface area contributed by atoms with Gasteiger partial charge in [0.25, 0.3) is 5.91 Å². The molecule has 4 aromatic rings. The molecule has 0 heterocycles. The van der Waals surface area contributed by atoms with Gasteiger partial charge in [0.05, 0.1) is 5.56 Å². The number of amides is 1. The van der Waals surface area contributed by atoms with E-state index in [1.54, 1.807) is 0 Å². The number of hydrogen-bond donors (Lipinski definition) is 2. The number of phenols is 1. The first-order chi connectivity index (χ1) is 12.6. The van der Waals surface area contributed by atoms with Crippen molar-refractivity contribution < 1.29 is 9.90 Å². The van der Waals surface area contributed by atoms with Crippen molar-refractivity contribution in [2.24, 2.45) is 5.73 Å². The van der Waals surface area contributed by atoms with Crippen molar-refractivity contribution in [3.05, 3.63) is 90.5 Å². The third-order valence-electron chi connectivity index (χ3n) is 4.55. The van der Waals surface area contributed by atoms with Crippen LogP contribution in [-0.4, -0.2) is 11.0 Å². The number of hydrogen-bond acceptors (Lipinski definition) is 2. The number of fused-ring (bicyclic) bond motifs is 1. The van der Waals surface area contributed by atoms with Gasteiger partial charge in [-0.25, -0.2) is 0 Å². The Hall–Kier alpha value is -3.59. The largest absolute Gasteiger partial charge is 0.506 e. The lowest BCUT2D eigenvalue weighted by Gasteiger charge is -2.13. The fourth-order valence-electron chi connectivity index (χ4n) is 3.29. The summed E-state index contributed by atoms with van der Waals surface area (Å²) >= 11 is 0. The second kappa shape index (κ2) is 6.37. The molecule has 0 aliphatic heterocycles. The van der Waals surface area contributed by atoms with Crippen molar-refractivity contribution in [3.8, 4) is 28.0 Å². The minimum Gasteiger partial charge on any atom is -0.506 e. The predicted octanol–water partition coefficient (Wildman–Crippen LogP) is 4.98. The summed E-state index contributed by atoms with van der Waals surface area (Å²) in [4.78, 5) is 12.0. The fraction of sp³-hybridized carbons (Fsp3) is 0. The highest BCUT2D eigenvalue weighted by Gasteiger charge is 2.18. The average molecular weight is 339 g/mol. The molecule has 4 aromatic carbocycles. The monoisotopic (exact) mass is 339 g/mol. The Kier molecular flexibility index (Phi) is 3.90. The Morgan fingerprint density at radius 3 is 1.96 bits per heavy atom. The number of nitrogens with two attached hydrogens (primary N) is 1. The first-order valence-corrected chi connectivity index (χ1v) is 8.35. The van der Waals surface area contributed by atoms with Crippen molar-refractivity contribution >= 4 is 16.7 Å². The summed E-state index contributed by atoms with van der Waals surface area (Å²) in [6.07, 6.45) is 0. The molecule has 3 nitrogen and oxygen atoms in total. The van der Waals surface area contributed by atoms with Gasteiger partial charge in [0.15, 0.2) is 0 Å². The number of benzene rings is 4. The Balaban J connectivity index is 2.01. The zero-order chi connectivity index (χ0) is 18.1. The third-order valence-corrected chi connectivity index (χ3v) is 4.55. The highest BCUT2D eigenvalue weighted by molar-refractivity contribution is 6.12. The summed E-state index contributed by atoms with van der Waals surface area (Å²) in [5.41, 5.74) is 9.29. The molecule has 126 valence electrons. The minimum absolute atomic E-state index is 0.0799. The highest BCUT2D eigenvalue weighted by atomic mass is 16.3. The van der Waals surface area contributed by atoms with E-state index in [2.05, 4.69) is 0 Å². The number of primary amides is 1. The number of carbonyl (C=O) groups excluding carboxylic acids is 1. The molecule has 0 bridgehead atoms. The Labute approximate surface area is 151 Å². The van der Waals surface area contributed by atoms with Crippen molar-refractivity contribution in [1.29, 1.82) is 0 Å². The van der Waals surface area contributed by atoms with Gasteiger partial charge in [-0.1, -0.05) is 72.8 Å². The van der Waals surface area contributed by atoms with E-state index >= 15 is 0 Å². The summed E-state index contributed by atoms with van der Waals surface area (Å²) in [5, 5.41) is 12.2. The van der Waals surface area contributed by atoms with E-state index in [1.165, 1.54) is 0 Å². The Morgan fingerprint density at radius 2 is 1.35 bits per heavy atom. The van der Waals surface area contributed by atoms with Crippen LogP contribution in [0.1, 0.15) is 10.4 Å². The molecule has 26 heavy (non-hydrogen) atoms. The summed E-state index contributed by atoms with van der Waals surface area (Å²) in [6, 6.07) is 27.2. The molecule has 0 fully saturated rings. The second-order valence-electron chi connectivity index (χ2n) is 6.18. The summed E-state index contributed by atoms with van der Waals surface area (Å²) in [7, 11) is 0. The van der Waals surface area contributed by atoms with Crippen LogP contribution in [0.3, 0.4) is 0 Å². The number of aromatic hydroxyl groups is 1. The lowest BCUT2D eigenvalue weighted by molar-refractivity contribution is 0.0999. The SMILES string of the molecule is NC(=O)c1c(O)c(-c2ccccc2)cc2cc(-c3ccccc3)ccc12. The van der Waals surface area contributed by atoms with E-state index in [1.807, 2.05) is 84.9 Å². The number of carbonyl (C=O) groups is 1. The van der Waals surface area contributed by atoms with Crippen LogP contribution in [0.2, 0.25) is 0 Å². The van der Waals surface area contributed by atoms with Gasteiger partial charge in [-0.05, 0) is 39.6 Å². The van der Waals surface area contributed by atoms with Crippen LogP contribution >= 0.6 is 0 Å². The van der Waals surface area contributed by atoms with Gasteiger partial charge in [-0.3, -0.25) is 4.79 Å². The normalized spacial score (nSPS) is 10.8. The summed E-state index contributed by atoms with van der Waals surface area (Å²) < 4.78 is 0. The maximum Gasteiger partial charge on any atom is 0.253 e. The molecule has 0 saturated carbocycles. The molecule has 4 rings (SSSR count). The van der Waals surface area contributed by atoms with Crippen LogP contribution in [0.5, 0.6) is 5.75 Å². The number of rotatable bonds is 3. The molecule has 0 aliphatic rings. The Morgan fingerprint density at radius 1 is 0.731 bits per heavy atom. The maximum atomic E-state index is 12.0. The van der Waals surface area contributed by atoms with Gasteiger partial charge in [0.2, 0.25) is 0 Å². The molecule has 0 aromatic heterocycles. The molecule has 1 amide bonds. The Bertz CT molecular complexity index is 1100. The van der Waals surface area contributed by atoms with Gasteiger partial charge >= 0.3 is 0 Å². The van der Waals surface area contributed by atoms with Crippen molar-refractivity contribution in [2.75, 3.05) is 0 Å². The van der Waals surface area contributed by atoms with Crippen molar-refractivity contribution in [3.63, 3.8) is 0 Å². The van der Waals surface area contributed by atoms with E-state index in [0.717, 1.165) is 22.1 Å². The minimum atomic E-state index is -0.641. The zero-order valence-electron chi connectivity index (χ0n) is 14.0. The van der Waals surface area contributed by atoms with Crippen LogP contribution in [0.25, 0.3) is 33.0 Å². The van der Waals surface area contributed by atoms with Gasteiger partial charge in [-0.15, -0.1) is 0 Å². The molecule has 0 saturated heterocycles. The standard InChI is InChI=1S/C23H17NO2/c24-23(26)21-19-12-11-17(15-7-3-1-4-8-15)13-18(19)14-20(22(21)25)16-9-5-2-6-10-16/h1-14,25H,(H2,24,26). The van der Waals surface area contributed by atoms with Crippen LogP contribution in [0.15, 0.2) is 84.9 Å². The van der Waals surface area contributed by atoms with E-state index in [-0.39, 0.29) is 11.3 Å². The lowest BCUT2D eigenvalue weighted by atomic mass is 9.93. The van der Waals surface area contributed by atoms with Crippen LogP contribution < -0.4 is 5.73 Å². The van der Waals surface area contributed by atoms with E-state index in [4.69, 9.17) is 5.73 Å². The molecule has 0 spiro atoms. The summed E-state index contributed by atoms with van der Waals surface area (Å²) in [5.74, 6) is -0.721. The lowest BCUT2D eigenvalue weighted by Crippen LogP contribution is -2.12. The van der Waals surface area contributed by atoms with Crippen molar-refractivity contribution in [1.82, 2.24) is 0 Å². The van der Waals surface area contributed by atoms with Crippen molar-refractivity contribution in [2.45, 2.75) is 0 Å². The first-order valence-electron chi connectivity index (χ1n) is 8.35. The third kappa shape index (κ3) is 2.70. The van der Waals surface area contributed by atoms with Gasteiger partial charge in [0.1, 0.15) is 5.75 Å². The molecule has 0 unspecified atom stereocenters. The second-order valence-corrected chi connectivity index (χ2v) is 6.18. The molecule has 3 N–H and O–H groups in total. The van der Waals surface area contributed by atoms with Crippen LogP contribution in [0, 0.1) is 0 Å². The highest BCUT2D eigenvalue weighted by Crippen LogP contribution is 2.38. The molecule has 0 aliphatic carbocycles. The van der Waals surface area contributed by atoms with Gasteiger partial charge in [0, 0.05) is 5.56 Å². The van der Waals surface area contributed by atoms with Crippen LogP contribution in [-0.2, 0) is 0 Å². The fourth-order valence-corrected chi connectivity index (χ4v) is 3.29. The van der Waals surface area contributed by atoms with E-state index in [9.17, 15) is 9.90 Å². The zero-order valence-corrected chi connectivity index (χ0v) is 14.0. The molecular weight excluding hydrogens is 322 g/mol. The first kappa shape index (κ1) is 15.9. The molecule has 3 heteroatoms. The van der Waals surface area contributed by atoms with Gasteiger partial charge < -0.3 is 10.8 Å². The van der Waals surface area contributed by atoms with E-state index < -0.39 is 5.91 Å². The predicted molar refractivity (Wildman–Crippen MR) is 105 cm³/mol. The topological polar surface area (TPSA) is 63.3 Å². The molecule has 0 radical (unpaired) electrons. The molecule has 0 atom stereocenters. The summed E-state index contributed by atoms with van der Waals surface area (Å²) in [6.45, 7) is 0. The smallest absolute Gasteiger partial charge is 0.253 e. The quantitative estimate of drug-likeness (QED) is 0.553. The molecular formula is C23H17NO2. The van der Waals surface area contributed by atoms with Gasteiger partial charge in [-0.2, -0.15) is 0 Å². The van der Waals surface area contributed by atoms with Crippen LogP contribution in [0.4, 0.5) is 0 Å². The average Bonchev–Trinajstić information content (AvgIpc) is 2.68.